The van der Waals surface area contributed by atoms with Crippen molar-refractivity contribution in [1.82, 2.24) is 0 Å². The van der Waals surface area contributed by atoms with Crippen LogP contribution < -0.4 is 0 Å². The Morgan fingerprint density at radius 3 is 0.697 bits per heavy atom. The van der Waals surface area contributed by atoms with Crippen LogP contribution in [0.3, 0.4) is 0 Å². The van der Waals surface area contributed by atoms with E-state index in [2.05, 4.69) is 29.8 Å². The predicted molar refractivity (Wildman–Crippen MR) is 158 cm³/mol. The second kappa shape index (κ2) is 30.5. The minimum absolute atomic E-state index is 0.780. The van der Waals surface area contributed by atoms with Gasteiger partial charge in [0.05, 0.1) is 0 Å². The van der Waals surface area contributed by atoms with Gasteiger partial charge in [0.25, 0.3) is 0 Å². The van der Waals surface area contributed by atoms with Crippen molar-refractivity contribution in [1.29, 1.82) is 0 Å². The molecule has 0 radical (unpaired) electrons. The molecule has 1 atom stereocenters. The first-order valence-corrected chi connectivity index (χ1v) is 16.9. The fraction of sp³-hybridized carbons (Fsp3) is 1.00. The Morgan fingerprint density at radius 2 is 0.485 bits per heavy atom. The van der Waals surface area contributed by atoms with E-state index in [9.17, 15) is 0 Å². The molecule has 0 aliphatic heterocycles. The van der Waals surface area contributed by atoms with Crippen LogP contribution in [0.1, 0.15) is 200 Å². The van der Waals surface area contributed by atoms with Crippen LogP contribution in [0.4, 0.5) is 0 Å². The number of hydrogen-bond donors (Lipinski definition) is 0. The Labute approximate surface area is 220 Å². The highest BCUT2D eigenvalue weighted by Crippen LogP contribution is 2.20. The molecular weight excluding hydrogens is 464 g/mol. The summed E-state index contributed by atoms with van der Waals surface area (Å²) in [5.41, 5.74) is 0. The van der Waals surface area contributed by atoms with Crippen LogP contribution in [0.25, 0.3) is 0 Å². The van der Waals surface area contributed by atoms with E-state index in [4.69, 9.17) is 0 Å². The summed E-state index contributed by atoms with van der Waals surface area (Å²) < 4.78 is 0. The summed E-state index contributed by atoms with van der Waals surface area (Å²) in [5, 5.41) is 0. The van der Waals surface area contributed by atoms with Gasteiger partial charge in [-0.1, -0.05) is 203 Å². The molecule has 0 aromatic rings. The van der Waals surface area contributed by atoms with Crippen LogP contribution in [0.15, 0.2) is 0 Å². The molecule has 0 N–H and O–H groups in total. The van der Waals surface area contributed by atoms with Gasteiger partial charge in [-0.3, -0.25) is 0 Å². The topological polar surface area (TPSA) is 0 Å². The Hall–Kier alpha value is 0.480. The van der Waals surface area contributed by atoms with Gasteiger partial charge in [-0.15, -0.1) is 0 Å². The molecule has 0 aliphatic rings. The van der Waals surface area contributed by atoms with Crippen molar-refractivity contribution in [2.75, 3.05) is 0 Å². The summed E-state index contributed by atoms with van der Waals surface area (Å²) in [7, 11) is 0. The molecule has 0 fully saturated rings. The minimum atomic E-state index is 0.780. The fourth-order valence-corrected chi connectivity index (χ4v) is 5.74. The zero-order valence-electron chi connectivity index (χ0n) is 23.5. The van der Waals surface area contributed by atoms with Crippen molar-refractivity contribution >= 4 is 15.9 Å². The molecule has 200 valence electrons. The highest BCUT2D eigenvalue weighted by molar-refractivity contribution is 9.09. The standard InChI is InChI=1S/C32H65Br/c1-3-5-7-9-11-13-15-17-18-19-21-23-25-27-29-31-32(33)30-28-26-24-22-20-16-14-12-10-8-6-4-2/h32H,3-31H2,1-2H3. The molecule has 0 heterocycles. The molecular formula is C32H65Br. The number of alkyl halides is 1. The maximum Gasteiger partial charge on any atom is 0.0145 e. The van der Waals surface area contributed by atoms with E-state index in [1.54, 1.807) is 0 Å². The predicted octanol–water partition coefficient (Wildman–Crippen LogP) is 13.1. The van der Waals surface area contributed by atoms with E-state index in [1.807, 2.05) is 0 Å². The summed E-state index contributed by atoms with van der Waals surface area (Å²) in [5.74, 6) is 0. The molecule has 0 saturated heterocycles. The van der Waals surface area contributed by atoms with Crippen LogP contribution in [-0.2, 0) is 0 Å². The molecule has 0 rings (SSSR count). The summed E-state index contributed by atoms with van der Waals surface area (Å²) in [6, 6.07) is 0. The molecule has 0 saturated carbocycles. The lowest BCUT2D eigenvalue weighted by molar-refractivity contribution is 0.518. The zero-order valence-corrected chi connectivity index (χ0v) is 25.0. The highest BCUT2D eigenvalue weighted by Gasteiger charge is 2.04. The van der Waals surface area contributed by atoms with Gasteiger partial charge in [-0.25, -0.2) is 0 Å². The van der Waals surface area contributed by atoms with Crippen LogP contribution in [0, 0.1) is 0 Å². The van der Waals surface area contributed by atoms with E-state index in [-0.39, 0.29) is 0 Å². The van der Waals surface area contributed by atoms with Gasteiger partial charge in [0.1, 0.15) is 0 Å². The first-order chi connectivity index (χ1) is 16.3. The summed E-state index contributed by atoms with van der Waals surface area (Å²) in [6.07, 6.45) is 42.2. The van der Waals surface area contributed by atoms with Crippen LogP contribution in [0.5, 0.6) is 0 Å². The smallest absolute Gasteiger partial charge is 0.0145 e. The first kappa shape index (κ1) is 33.5. The van der Waals surface area contributed by atoms with Gasteiger partial charge in [0.15, 0.2) is 0 Å². The molecule has 0 aromatic carbocycles. The van der Waals surface area contributed by atoms with E-state index < -0.39 is 0 Å². The molecule has 1 unspecified atom stereocenters. The van der Waals surface area contributed by atoms with Gasteiger partial charge >= 0.3 is 0 Å². The lowest BCUT2D eigenvalue weighted by Crippen LogP contribution is -1.97. The Morgan fingerprint density at radius 1 is 0.303 bits per heavy atom. The summed E-state index contributed by atoms with van der Waals surface area (Å²) >= 11 is 3.95. The molecule has 0 nitrogen and oxygen atoms in total. The van der Waals surface area contributed by atoms with Crippen molar-refractivity contribution < 1.29 is 0 Å². The Kier molecular flexibility index (Phi) is 31.0. The number of unbranched alkanes of at least 4 members (excludes halogenated alkanes) is 25. The largest absolute Gasteiger partial charge is 0.0891 e. The van der Waals surface area contributed by atoms with Crippen molar-refractivity contribution in [2.45, 2.75) is 205 Å². The van der Waals surface area contributed by atoms with Crippen LogP contribution in [-0.4, -0.2) is 4.83 Å². The fourth-order valence-electron chi connectivity index (χ4n) is 5.09. The SMILES string of the molecule is CCCCCCCCCCCCCCCCCC(Br)CCCCCCCCCCCCCC. The van der Waals surface area contributed by atoms with Crippen LogP contribution >= 0.6 is 15.9 Å². The van der Waals surface area contributed by atoms with E-state index >= 15 is 0 Å². The molecule has 0 aliphatic carbocycles. The first-order valence-electron chi connectivity index (χ1n) is 15.9. The maximum atomic E-state index is 3.95. The molecule has 1 heteroatoms. The normalized spacial score (nSPS) is 12.5. The number of hydrogen-bond acceptors (Lipinski definition) is 0. The van der Waals surface area contributed by atoms with Gasteiger partial charge < -0.3 is 0 Å². The lowest BCUT2D eigenvalue weighted by atomic mass is 10.0. The van der Waals surface area contributed by atoms with E-state index in [0.717, 1.165) is 4.83 Å². The van der Waals surface area contributed by atoms with Gasteiger partial charge in [-0.2, -0.15) is 0 Å². The van der Waals surface area contributed by atoms with E-state index in [1.165, 1.54) is 186 Å². The Bertz CT molecular complexity index is 326. The van der Waals surface area contributed by atoms with Crippen molar-refractivity contribution in [3.8, 4) is 0 Å². The Balaban J connectivity index is 3.13. The monoisotopic (exact) mass is 528 g/mol. The molecule has 0 amide bonds. The van der Waals surface area contributed by atoms with Crippen LogP contribution in [0.2, 0.25) is 0 Å². The van der Waals surface area contributed by atoms with Crippen molar-refractivity contribution in [2.24, 2.45) is 0 Å². The second-order valence-electron chi connectivity index (χ2n) is 11.0. The molecule has 0 aromatic heterocycles. The number of halogens is 1. The van der Waals surface area contributed by atoms with Crippen molar-refractivity contribution in [3.05, 3.63) is 0 Å². The third kappa shape index (κ3) is 30.4. The average molecular weight is 530 g/mol. The van der Waals surface area contributed by atoms with E-state index in [0.29, 0.717) is 0 Å². The summed E-state index contributed by atoms with van der Waals surface area (Å²) in [4.78, 5) is 0.780. The van der Waals surface area contributed by atoms with Gasteiger partial charge in [0, 0.05) is 4.83 Å². The lowest BCUT2D eigenvalue weighted by Gasteiger charge is -2.09. The summed E-state index contributed by atoms with van der Waals surface area (Å²) in [6.45, 7) is 4.61. The minimum Gasteiger partial charge on any atom is -0.0891 e. The second-order valence-corrected chi connectivity index (χ2v) is 12.3. The van der Waals surface area contributed by atoms with Gasteiger partial charge in [0.2, 0.25) is 0 Å². The molecule has 0 spiro atoms. The third-order valence-corrected chi connectivity index (χ3v) is 8.41. The molecule has 33 heavy (non-hydrogen) atoms. The number of rotatable bonds is 29. The third-order valence-electron chi connectivity index (χ3n) is 7.49. The molecule has 0 bridgehead atoms. The highest BCUT2D eigenvalue weighted by atomic mass is 79.9. The maximum absolute atomic E-state index is 3.95. The quantitative estimate of drug-likeness (QED) is 0.0667. The average Bonchev–Trinajstić information content (AvgIpc) is 2.82. The zero-order chi connectivity index (χ0) is 24.1. The van der Waals surface area contributed by atoms with Gasteiger partial charge in [-0.05, 0) is 12.8 Å². The van der Waals surface area contributed by atoms with Crippen molar-refractivity contribution in [3.63, 3.8) is 0 Å².